The van der Waals surface area contributed by atoms with Gasteiger partial charge in [0.15, 0.2) is 0 Å². The van der Waals surface area contributed by atoms with Crippen molar-refractivity contribution in [1.82, 2.24) is 0 Å². The minimum atomic E-state index is -0.580. The summed E-state index contributed by atoms with van der Waals surface area (Å²) in [5.41, 5.74) is 0.442. The summed E-state index contributed by atoms with van der Waals surface area (Å²) in [5, 5.41) is 19.7. The molecule has 0 spiro atoms. The van der Waals surface area contributed by atoms with E-state index in [9.17, 15) is 14.5 Å². The van der Waals surface area contributed by atoms with E-state index in [-0.39, 0.29) is 17.0 Å². The average Bonchev–Trinajstić information content (AvgIpc) is 2.31. The second kappa shape index (κ2) is 4.21. The first kappa shape index (κ1) is 11.1. The zero-order valence-corrected chi connectivity index (χ0v) is 8.63. The van der Waals surface area contributed by atoms with E-state index in [1.165, 1.54) is 30.3 Å². The minimum absolute atomic E-state index is 0.0552. The van der Waals surface area contributed by atoms with Gasteiger partial charge in [0, 0.05) is 17.7 Å². The van der Waals surface area contributed by atoms with E-state index in [2.05, 4.69) is 0 Å². The number of rotatable bonds is 2. The van der Waals surface area contributed by atoms with Crippen molar-refractivity contribution in [2.24, 2.45) is 0 Å². The Hall–Kier alpha value is -2.43. The van der Waals surface area contributed by atoms with Gasteiger partial charge in [-0.2, -0.15) is 0 Å². The summed E-state index contributed by atoms with van der Waals surface area (Å²) >= 11 is 0. The number of aromatic hydroxyl groups is 1. The molecule has 0 aliphatic heterocycles. The summed E-state index contributed by atoms with van der Waals surface area (Å²) in [6.45, 7) is 0. The van der Waals surface area contributed by atoms with Gasteiger partial charge in [-0.05, 0) is 23.8 Å². The molecule has 0 saturated heterocycles. The third-order valence-corrected chi connectivity index (χ3v) is 2.34. The molecule has 0 radical (unpaired) electrons. The first-order valence-corrected chi connectivity index (χ1v) is 4.81. The van der Waals surface area contributed by atoms with E-state index in [0.29, 0.717) is 5.56 Å². The quantitative estimate of drug-likeness (QED) is 0.640. The van der Waals surface area contributed by atoms with Gasteiger partial charge in [-0.3, -0.25) is 10.1 Å². The van der Waals surface area contributed by atoms with Gasteiger partial charge in [0.05, 0.1) is 4.92 Å². The highest BCUT2D eigenvalue weighted by atomic mass is 19.1. The number of benzene rings is 2. The number of phenolic OH excluding ortho intramolecular Hbond substituents is 1. The Morgan fingerprint density at radius 2 is 1.76 bits per heavy atom. The second-order valence-electron chi connectivity index (χ2n) is 3.47. The van der Waals surface area contributed by atoms with Crippen molar-refractivity contribution in [3.63, 3.8) is 0 Å². The molecule has 0 heterocycles. The minimum Gasteiger partial charge on any atom is -0.508 e. The van der Waals surface area contributed by atoms with Gasteiger partial charge in [-0.1, -0.05) is 12.1 Å². The van der Waals surface area contributed by atoms with E-state index in [1.807, 2.05) is 0 Å². The van der Waals surface area contributed by atoms with Crippen LogP contribution in [0.2, 0.25) is 0 Å². The molecule has 2 aromatic rings. The molecule has 4 nitrogen and oxygen atoms in total. The number of halogens is 1. The second-order valence-corrected chi connectivity index (χ2v) is 3.47. The summed E-state index contributed by atoms with van der Waals surface area (Å²) in [4.78, 5) is 10.0. The summed E-state index contributed by atoms with van der Waals surface area (Å²) in [5.74, 6) is -0.485. The molecule has 0 aliphatic rings. The largest absolute Gasteiger partial charge is 0.508 e. The van der Waals surface area contributed by atoms with E-state index >= 15 is 0 Å². The van der Waals surface area contributed by atoms with Gasteiger partial charge in [0.25, 0.3) is 5.69 Å². The van der Waals surface area contributed by atoms with Crippen LogP contribution in [0.3, 0.4) is 0 Å². The van der Waals surface area contributed by atoms with Crippen LogP contribution in [0.1, 0.15) is 0 Å². The third kappa shape index (κ3) is 2.23. The average molecular weight is 233 g/mol. The van der Waals surface area contributed by atoms with Crippen LogP contribution in [0.15, 0.2) is 42.5 Å². The Kier molecular flexibility index (Phi) is 2.74. The fourth-order valence-corrected chi connectivity index (χ4v) is 1.49. The van der Waals surface area contributed by atoms with Crippen molar-refractivity contribution in [1.29, 1.82) is 0 Å². The molecule has 0 fully saturated rings. The predicted molar refractivity (Wildman–Crippen MR) is 60.2 cm³/mol. The maximum absolute atomic E-state index is 13.5. The van der Waals surface area contributed by atoms with E-state index in [4.69, 9.17) is 5.11 Å². The summed E-state index contributed by atoms with van der Waals surface area (Å²) in [7, 11) is 0. The highest BCUT2D eigenvalue weighted by molar-refractivity contribution is 5.67. The number of non-ortho nitro benzene ring substituents is 1. The number of hydrogen-bond acceptors (Lipinski definition) is 3. The zero-order chi connectivity index (χ0) is 12.4. The van der Waals surface area contributed by atoms with Gasteiger partial charge < -0.3 is 5.11 Å². The maximum atomic E-state index is 13.5. The monoisotopic (exact) mass is 233 g/mol. The van der Waals surface area contributed by atoms with Crippen molar-refractivity contribution >= 4 is 5.69 Å². The molecule has 0 aliphatic carbocycles. The lowest BCUT2D eigenvalue weighted by Gasteiger charge is -2.03. The number of nitrogens with zero attached hydrogens (tertiary/aromatic N) is 1. The molecule has 17 heavy (non-hydrogen) atoms. The number of phenols is 1. The normalized spacial score (nSPS) is 10.2. The standard InChI is InChI=1S/C12H8FNO3/c13-12-6-3-9(14(16)17)7-11(12)8-1-4-10(15)5-2-8/h1-7,15H. The van der Waals surface area contributed by atoms with Crippen LogP contribution in [0.4, 0.5) is 10.1 Å². The Bertz CT molecular complexity index is 566. The number of nitro groups is 1. The molecule has 86 valence electrons. The highest BCUT2D eigenvalue weighted by Gasteiger charge is 2.12. The van der Waals surface area contributed by atoms with Crippen LogP contribution in [0.25, 0.3) is 11.1 Å². The van der Waals surface area contributed by atoms with Crippen molar-refractivity contribution in [2.75, 3.05) is 0 Å². The fourth-order valence-electron chi connectivity index (χ4n) is 1.49. The number of nitro benzene ring substituents is 1. The first-order valence-electron chi connectivity index (χ1n) is 4.81. The lowest BCUT2D eigenvalue weighted by atomic mass is 10.0. The van der Waals surface area contributed by atoms with Crippen molar-refractivity contribution < 1.29 is 14.4 Å². The topological polar surface area (TPSA) is 63.4 Å². The molecule has 2 rings (SSSR count). The van der Waals surface area contributed by atoms with Crippen LogP contribution < -0.4 is 0 Å². The van der Waals surface area contributed by atoms with Gasteiger partial charge in [-0.25, -0.2) is 4.39 Å². The zero-order valence-electron chi connectivity index (χ0n) is 8.63. The van der Waals surface area contributed by atoms with Crippen molar-refractivity contribution in [3.8, 4) is 16.9 Å². The fraction of sp³-hybridized carbons (Fsp3) is 0. The van der Waals surface area contributed by atoms with Crippen LogP contribution in [-0.2, 0) is 0 Å². The lowest BCUT2D eigenvalue weighted by molar-refractivity contribution is -0.384. The molecule has 0 saturated carbocycles. The molecule has 0 aromatic heterocycles. The summed E-state index contributed by atoms with van der Waals surface area (Å²) in [6.07, 6.45) is 0. The highest BCUT2D eigenvalue weighted by Crippen LogP contribution is 2.28. The van der Waals surface area contributed by atoms with Gasteiger partial charge in [0.2, 0.25) is 0 Å². The summed E-state index contributed by atoms with van der Waals surface area (Å²) < 4.78 is 13.5. The van der Waals surface area contributed by atoms with Crippen LogP contribution in [-0.4, -0.2) is 10.0 Å². The Labute approximate surface area is 96.1 Å². The first-order chi connectivity index (χ1) is 8.08. The predicted octanol–water partition coefficient (Wildman–Crippen LogP) is 3.11. The van der Waals surface area contributed by atoms with Crippen molar-refractivity contribution in [3.05, 3.63) is 58.4 Å². The molecule has 1 N–H and O–H groups in total. The Balaban J connectivity index is 2.54. The molecule has 0 atom stereocenters. The Morgan fingerprint density at radius 1 is 1.12 bits per heavy atom. The van der Waals surface area contributed by atoms with Gasteiger partial charge >= 0.3 is 0 Å². The van der Waals surface area contributed by atoms with Crippen molar-refractivity contribution in [2.45, 2.75) is 0 Å². The molecule has 5 heteroatoms. The van der Waals surface area contributed by atoms with E-state index in [1.54, 1.807) is 0 Å². The van der Waals surface area contributed by atoms with Gasteiger partial charge in [0.1, 0.15) is 11.6 Å². The van der Waals surface area contributed by atoms with E-state index in [0.717, 1.165) is 12.1 Å². The lowest BCUT2D eigenvalue weighted by Crippen LogP contribution is -1.91. The molecule has 0 amide bonds. The number of hydrogen-bond donors (Lipinski definition) is 1. The van der Waals surface area contributed by atoms with Crippen LogP contribution in [0, 0.1) is 15.9 Å². The Morgan fingerprint density at radius 3 is 2.35 bits per heavy atom. The molecule has 0 unspecified atom stereocenters. The molecular weight excluding hydrogens is 225 g/mol. The maximum Gasteiger partial charge on any atom is 0.270 e. The molecule has 0 bridgehead atoms. The van der Waals surface area contributed by atoms with Crippen LogP contribution >= 0.6 is 0 Å². The smallest absolute Gasteiger partial charge is 0.270 e. The molecule has 2 aromatic carbocycles. The third-order valence-electron chi connectivity index (χ3n) is 2.34. The SMILES string of the molecule is O=[N+]([O-])c1ccc(F)c(-c2ccc(O)cc2)c1. The van der Waals surface area contributed by atoms with Gasteiger partial charge in [-0.15, -0.1) is 0 Å². The summed E-state index contributed by atoms with van der Waals surface area (Å²) in [6, 6.07) is 9.12. The van der Waals surface area contributed by atoms with Crippen LogP contribution in [0.5, 0.6) is 5.75 Å². The van der Waals surface area contributed by atoms with E-state index < -0.39 is 10.7 Å². The molecular formula is C12H8FNO3.